The van der Waals surface area contributed by atoms with Crippen LogP contribution in [0.4, 0.5) is 0 Å². The zero-order valence-corrected chi connectivity index (χ0v) is 15.8. The van der Waals surface area contributed by atoms with Crippen molar-refractivity contribution >= 4 is 17.7 Å². The number of guanidine groups is 1. The molecule has 2 heterocycles. The molecule has 1 N–H and O–H groups in total. The number of likely N-dealkylation sites (tertiary alicyclic amines) is 1. The zero-order valence-electron chi connectivity index (χ0n) is 15.0. The summed E-state index contributed by atoms with van der Waals surface area (Å²) in [4.78, 5) is 6.76. The average molecular weight is 351 g/mol. The summed E-state index contributed by atoms with van der Waals surface area (Å²) in [6.07, 6.45) is 11.9. The molecule has 0 amide bonds. The van der Waals surface area contributed by atoms with Gasteiger partial charge in [0.15, 0.2) is 11.1 Å². The molecule has 0 aromatic carbocycles. The van der Waals surface area contributed by atoms with Crippen molar-refractivity contribution in [2.75, 3.05) is 32.9 Å². The summed E-state index contributed by atoms with van der Waals surface area (Å²) in [7, 11) is 1.88. The molecule has 1 aromatic heterocycles. The first kappa shape index (κ1) is 17.6. The van der Waals surface area contributed by atoms with Gasteiger partial charge in [0, 0.05) is 39.1 Å². The van der Waals surface area contributed by atoms with E-state index in [-0.39, 0.29) is 0 Å². The van der Waals surface area contributed by atoms with Gasteiger partial charge >= 0.3 is 0 Å². The standard InChI is InChI=1S/C17H30N6S/c1-18-16(22-12-5-6-13-22)19-11-7-10-15-20-21-17(24-2)23(15)14-8-3-4-9-14/h14H,3-13H2,1-2H3,(H,18,19). The summed E-state index contributed by atoms with van der Waals surface area (Å²) in [6.45, 7) is 3.20. The van der Waals surface area contributed by atoms with Crippen LogP contribution in [-0.2, 0) is 6.42 Å². The first-order valence-corrected chi connectivity index (χ1v) is 10.5. The summed E-state index contributed by atoms with van der Waals surface area (Å²) in [5, 5.41) is 13.5. The molecule has 1 aliphatic heterocycles. The third-order valence-electron chi connectivity index (χ3n) is 5.09. The van der Waals surface area contributed by atoms with Crippen LogP contribution in [-0.4, -0.2) is 58.6 Å². The Kier molecular flexibility index (Phi) is 6.40. The molecule has 7 heteroatoms. The number of nitrogens with zero attached hydrogens (tertiary/aromatic N) is 5. The minimum atomic E-state index is 0.614. The number of nitrogens with one attached hydrogen (secondary N) is 1. The van der Waals surface area contributed by atoms with Crippen molar-refractivity contribution in [2.45, 2.75) is 62.6 Å². The van der Waals surface area contributed by atoms with Crippen LogP contribution in [0.15, 0.2) is 10.1 Å². The van der Waals surface area contributed by atoms with E-state index in [1.165, 1.54) is 38.5 Å². The fourth-order valence-electron chi connectivity index (χ4n) is 3.85. The molecule has 134 valence electrons. The summed E-state index contributed by atoms with van der Waals surface area (Å²) < 4.78 is 2.41. The first-order valence-electron chi connectivity index (χ1n) is 9.27. The topological polar surface area (TPSA) is 58.3 Å². The number of aliphatic imine (C=N–C) groups is 1. The molecule has 1 aliphatic carbocycles. The molecular formula is C17H30N6S. The molecular weight excluding hydrogens is 320 g/mol. The van der Waals surface area contributed by atoms with E-state index in [0.29, 0.717) is 6.04 Å². The highest BCUT2D eigenvalue weighted by molar-refractivity contribution is 7.98. The Morgan fingerprint density at radius 3 is 2.62 bits per heavy atom. The third-order valence-corrected chi connectivity index (χ3v) is 5.73. The highest BCUT2D eigenvalue weighted by Gasteiger charge is 2.23. The smallest absolute Gasteiger partial charge is 0.193 e. The number of hydrogen-bond donors (Lipinski definition) is 1. The number of thioether (sulfide) groups is 1. The van der Waals surface area contributed by atoms with E-state index < -0.39 is 0 Å². The molecule has 0 radical (unpaired) electrons. The van der Waals surface area contributed by atoms with Crippen LogP contribution in [0.5, 0.6) is 0 Å². The second kappa shape index (κ2) is 8.74. The van der Waals surface area contributed by atoms with Gasteiger partial charge in [-0.15, -0.1) is 10.2 Å². The fraction of sp³-hybridized carbons (Fsp3) is 0.824. The first-order chi connectivity index (χ1) is 11.8. The maximum atomic E-state index is 4.47. The largest absolute Gasteiger partial charge is 0.356 e. The van der Waals surface area contributed by atoms with Crippen molar-refractivity contribution in [2.24, 2.45) is 4.99 Å². The highest BCUT2D eigenvalue weighted by Crippen LogP contribution is 2.33. The van der Waals surface area contributed by atoms with Gasteiger partial charge in [-0.25, -0.2) is 0 Å². The number of aromatic nitrogens is 3. The van der Waals surface area contributed by atoms with E-state index in [9.17, 15) is 0 Å². The van der Waals surface area contributed by atoms with Gasteiger partial charge in [0.2, 0.25) is 0 Å². The lowest BCUT2D eigenvalue weighted by Gasteiger charge is -2.21. The minimum absolute atomic E-state index is 0.614. The van der Waals surface area contributed by atoms with Crippen molar-refractivity contribution in [1.29, 1.82) is 0 Å². The molecule has 0 spiro atoms. The Bertz CT molecular complexity index is 543. The Morgan fingerprint density at radius 2 is 1.96 bits per heavy atom. The maximum Gasteiger partial charge on any atom is 0.193 e. The Hall–Kier alpha value is -1.24. The van der Waals surface area contributed by atoms with Gasteiger partial charge in [0.1, 0.15) is 5.82 Å². The predicted molar refractivity (Wildman–Crippen MR) is 99.8 cm³/mol. The Balaban J connectivity index is 1.52. The molecule has 1 saturated carbocycles. The number of hydrogen-bond acceptors (Lipinski definition) is 4. The van der Waals surface area contributed by atoms with E-state index in [0.717, 1.165) is 49.4 Å². The second-order valence-corrected chi connectivity index (χ2v) is 7.46. The summed E-state index contributed by atoms with van der Waals surface area (Å²) in [5.74, 6) is 2.21. The maximum absolute atomic E-state index is 4.47. The lowest BCUT2D eigenvalue weighted by atomic mass is 10.2. The molecule has 1 aromatic rings. The molecule has 24 heavy (non-hydrogen) atoms. The van der Waals surface area contributed by atoms with Gasteiger partial charge in [0.25, 0.3) is 0 Å². The van der Waals surface area contributed by atoms with E-state index in [4.69, 9.17) is 0 Å². The fourth-order valence-corrected chi connectivity index (χ4v) is 4.43. The zero-order chi connectivity index (χ0) is 16.8. The monoisotopic (exact) mass is 350 g/mol. The SMILES string of the molecule is CN=C(NCCCc1nnc(SC)n1C1CCCC1)N1CCCC1. The van der Waals surface area contributed by atoms with Crippen LogP contribution in [0.2, 0.25) is 0 Å². The van der Waals surface area contributed by atoms with Crippen molar-refractivity contribution in [3.63, 3.8) is 0 Å². The second-order valence-electron chi connectivity index (χ2n) is 6.68. The molecule has 0 unspecified atom stereocenters. The van der Waals surface area contributed by atoms with Gasteiger partial charge in [-0.05, 0) is 38.4 Å². The predicted octanol–water partition coefficient (Wildman–Crippen LogP) is 2.72. The molecule has 2 aliphatic rings. The van der Waals surface area contributed by atoms with Gasteiger partial charge in [-0.1, -0.05) is 24.6 Å². The number of rotatable bonds is 6. The van der Waals surface area contributed by atoms with Crippen molar-refractivity contribution in [3.05, 3.63) is 5.82 Å². The molecule has 0 bridgehead atoms. The van der Waals surface area contributed by atoms with Crippen LogP contribution in [0, 0.1) is 0 Å². The van der Waals surface area contributed by atoms with Crippen LogP contribution in [0.25, 0.3) is 0 Å². The van der Waals surface area contributed by atoms with Crippen LogP contribution in [0.3, 0.4) is 0 Å². The normalized spacial score (nSPS) is 19.4. The van der Waals surface area contributed by atoms with Gasteiger partial charge in [0.05, 0.1) is 0 Å². The Labute approximate surface area is 149 Å². The average Bonchev–Trinajstić information content (AvgIpc) is 3.35. The van der Waals surface area contributed by atoms with E-state index in [1.54, 1.807) is 11.8 Å². The van der Waals surface area contributed by atoms with E-state index in [1.807, 2.05) is 7.05 Å². The van der Waals surface area contributed by atoms with Gasteiger partial charge < -0.3 is 14.8 Å². The van der Waals surface area contributed by atoms with Crippen LogP contribution in [0.1, 0.15) is 56.8 Å². The van der Waals surface area contributed by atoms with Crippen LogP contribution >= 0.6 is 11.8 Å². The quantitative estimate of drug-likeness (QED) is 0.370. The summed E-state index contributed by atoms with van der Waals surface area (Å²) in [6, 6.07) is 0.614. The van der Waals surface area contributed by atoms with Gasteiger partial charge in [-0.2, -0.15) is 0 Å². The van der Waals surface area contributed by atoms with Crippen molar-refractivity contribution < 1.29 is 0 Å². The summed E-state index contributed by atoms with van der Waals surface area (Å²) >= 11 is 1.72. The van der Waals surface area contributed by atoms with Crippen molar-refractivity contribution in [3.8, 4) is 0 Å². The molecule has 0 atom stereocenters. The number of aryl methyl sites for hydroxylation is 1. The van der Waals surface area contributed by atoms with Crippen LogP contribution < -0.4 is 5.32 Å². The Morgan fingerprint density at radius 1 is 1.21 bits per heavy atom. The third kappa shape index (κ3) is 4.05. The van der Waals surface area contributed by atoms with Gasteiger partial charge in [-0.3, -0.25) is 4.99 Å². The lowest BCUT2D eigenvalue weighted by molar-refractivity contribution is 0.458. The van der Waals surface area contributed by atoms with Crippen molar-refractivity contribution in [1.82, 2.24) is 25.0 Å². The molecule has 2 fully saturated rings. The van der Waals surface area contributed by atoms with E-state index >= 15 is 0 Å². The minimum Gasteiger partial charge on any atom is -0.356 e. The van der Waals surface area contributed by atoms with E-state index in [2.05, 4.69) is 36.2 Å². The highest BCUT2D eigenvalue weighted by atomic mass is 32.2. The lowest BCUT2D eigenvalue weighted by Crippen LogP contribution is -2.40. The molecule has 6 nitrogen and oxygen atoms in total. The molecule has 3 rings (SSSR count). The summed E-state index contributed by atoms with van der Waals surface area (Å²) in [5.41, 5.74) is 0. The molecule has 1 saturated heterocycles.